The van der Waals surface area contributed by atoms with Gasteiger partial charge < -0.3 is 4.74 Å². The van der Waals surface area contributed by atoms with Crippen molar-refractivity contribution in [2.45, 2.75) is 6.92 Å². The smallest absolute Gasteiger partial charge is 0.119 e. The second-order valence-corrected chi connectivity index (χ2v) is 4.02. The average molecular weight is 247 g/mol. The van der Waals surface area contributed by atoms with Crippen molar-refractivity contribution in [1.82, 2.24) is 4.98 Å². The summed E-state index contributed by atoms with van der Waals surface area (Å²) >= 11 is 5.88. The normalized spacial score (nSPS) is 10.2. The van der Waals surface area contributed by atoms with Crippen molar-refractivity contribution in [3.8, 4) is 5.75 Å². The summed E-state index contributed by atoms with van der Waals surface area (Å²) in [5, 5.41) is 0.643. The average Bonchev–Trinajstić information content (AvgIpc) is 2.32. The van der Waals surface area contributed by atoms with Gasteiger partial charge in [0.2, 0.25) is 0 Å². The Labute approximate surface area is 106 Å². The Kier molecular flexibility index (Phi) is 3.99. The van der Waals surface area contributed by atoms with Gasteiger partial charge in [-0.25, -0.2) is 0 Å². The molecule has 2 nitrogen and oxygen atoms in total. The van der Waals surface area contributed by atoms with Crippen LogP contribution >= 0.6 is 11.6 Å². The molecular formula is C14H13ClNO. The second kappa shape index (κ2) is 5.69. The molecule has 0 spiro atoms. The maximum atomic E-state index is 5.88. The van der Waals surface area contributed by atoms with Gasteiger partial charge in [0.15, 0.2) is 0 Å². The van der Waals surface area contributed by atoms with Crippen LogP contribution in [0.15, 0.2) is 42.7 Å². The van der Waals surface area contributed by atoms with Gasteiger partial charge in [0.05, 0.1) is 11.6 Å². The minimum atomic E-state index is 0.643. The third-order valence-corrected chi connectivity index (χ3v) is 2.46. The van der Waals surface area contributed by atoms with Crippen molar-refractivity contribution in [3.63, 3.8) is 0 Å². The number of nitrogens with zero attached hydrogens (tertiary/aromatic N) is 1. The first-order valence-corrected chi connectivity index (χ1v) is 5.84. The molecule has 2 rings (SSSR count). The lowest BCUT2D eigenvalue weighted by Gasteiger charge is -2.05. The molecule has 0 saturated heterocycles. The van der Waals surface area contributed by atoms with Gasteiger partial charge >= 0.3 is 0 Å². The molecule has 0 bridgehead atoms. The predicted molar refractivity (Wildman–Crippen MR) is 69.4 cm³/mol. The summed E-state index contributed by atoms with van der Waals surface area (Å²) in [4.78, 5) is 4.04. The summed E-state index contributed by atoms with van der Waals surface area (Å²) in [6, 6.07) is 9.80. The van der Waals surface area contributed by atoms with Gasteiger partial charge in [-0.3, -0.25) is 4.98 Å². The van der Waals surface area contributed by atoms with Crippen molar-refractivity contribution in [2.75, 3.05) is 6.61 Å². The van der Waals surface area contributed by atoms with Gasteiger partial charge in [-0.2, -0.15) is 0 Å². The monoisotopic (exact) mass is 246 g/mol. The number of hydrogen-bond acceptors (Lipinski definition) is 2. The number of pyridine rings is 1. The first kappa shape index (κ1) is 11.9. The molecule has 1 aromatic carbocycles. The number of benzene rings is 1. The molecule has 2 aromatic rings. The van der Waals surface area contributed by atoms with Gasteiger partial charge in [0, 0.05) is 18.8 Å². The predicted octanol–water partition coefficient (Wildman–Crippen LogP) is 3.73. The molecule has 3 heteroatoms. The first-order chi connectivity index (χ1) is 8.28. The number of ether oxygens (including phenoxy) is 1. The Morgan fingerprint density at radius 1 is 1.18 bits per heavy atom. The SMILES string of the molecule is CCOc1ccc([CH]c2cncc(Cl)c2)cc1. The van der Waals surface area contributed by atoms with E-state index in [0.29, 0.717) is 11.6 Å². The number of halogens is 1. The van der Waals surface area contributed by atoms with E-state index in [9.17, 15) is 0 Å². The number of hydrogen-bond donors (Lipinski definition) is 0. The van der Waals surface area contributed by atoms with E-state index in [1.165, 1.54) is 0 Å². The highest BCUT2D eigenvalue weighted by Gasteiger charge is 1.99. The van der Waals surface area contributed by atoms with E-state index in [2.05, 4.69) is 4.98 Å². The number of rotatable bonds is 4. The molecule has 1 aromatic heterocycles. The molecule has 1 heterocycles. The van der Waals surface area contributed by atoms with Crippen LogP contribution in [0.5, 0.6) is 5.75 Å². The Morgan fingerprint density at radius 2 is 1.94 bits per heavy atom. The van der Waals surface area contributed by atoms with Crippen molar-refractivity contribution >= 4 is 11.6 Å². The molecule has 17 heavy (non-hydrogen) atoms. The lowest BCUT2D eigenvalue weighted by Crippen LogP contribution is -1.92. The summed E-state index contributed by atoms with van der Waals surface area (Å²) in [6.07, 6.45) is 5.42. The summed E-state index contributed by atoms with van der Waals surface area (Å²) in [6.45, 7) is 2.65. The van der Waals surface area contributed by atoms with E-state index >= 15 is 0 Å². The van der Waals surface area contributed by atoms with Crippen LogP contribution < -0.4 is 4.74 Å². The Hall–Kier alpha value is -1.54. The standard InChI is InChI=1S/C14H13ClNO/c1-2-17-14-5-3-11(4-6-14)7-12-8-13(15)10-16-9-12/h3-10H,2H2,1H3. The maximum Gasteiger partial charge on any atom is 0.119 e. The number of aromatic nitrogens is 1. The molecule has 0 fully saturated rings. The van der Waals surface area contributed by atoms with Gasteiger partial charge in [-0.05, 0) is 36.2 Å². The first-order valence-electron chi connectivity index (χ1n) is 5.46. The van der Waals surface area contributed by atoms with Gasteiger partial charge in [0.25, 0.3) is 0 Å². The maximum absolute atomic E-state index is 5.88. The van der Waals surface area contributed by atoms with Gasteiger partial charge in [-0.15, -0.1) is 0 Å². The van der Waals surface area contributed by atoms with Crippen LogP contribution in [0.4, 0.5) is 0 Å². The molecule has 0 saturated carbocycles. The van der Waals surface area contributed by atoms with Gasteiger partial charge in [0.1, 0.15) is 5.75 Å². The Morgan fingerprint density at radius 3 is 2.59 bits per heavy atom. The zero-order valence-electron chi connectivity index (χ0n) is 9.56. The van der Waals surface area contributed by atoms with Gasteiger partial charge in [-0.1, -0.05) is 23.7 Å². The molecular weight excluding hydrogens is 234 g/mol. The minimum absolute atomic E-state index is 0.643. The lowest BCUT2D eigenvalue weighted by molar-refractivity contribution is 0.340. The van der Waals surface area contributed by atoms with E-state index in [-0.39, 0.29) is 0 Å². The van der Waals surface area contributed by atoms with Crippen LogP contribution in [0.2, 0.25) is 5.02 Å². The minimum Gasteiger partial charge on any atom is -0.494 e. The molecule has 0 aliphatic rings. The quantitative estimate of drug-likeness (QED) is 0.820. The molecule has 87 valence electrons. The highest BCUT2D eigenvalue weighted by molar-refractivity contribution is 6.30. The van der Waals surface area contributed by atoms with Crippen LogP contribution in [-0.2, 0) is 0 Å². The highest BCUT2D eigenvalue weighted by atomic mass is 35.5. The third-order valence-electron chi connectivity index (χ3n) is 2.25. The van der Waals surface area contributed by atoms with E-state index in [4.69, 9.17) is 16.3 Å². The molecule has 0 N–H and O–H groups in total. The zero-order chi connectivity index (χ0) is 12.1. The zero-order valence-corrected chi connectivity index (χ0v) is 10.3. The molecule has 0 amide bonds. The Balaban J connectivity index is 2.08. The van der Waals surface area contributed by atoms with E-state index < -0.39 is 0 Å². The second-order valence-electron chi connectivity index (χ2n) is 3.58. The van der Waals surface area contributed by atoms with Crippen LogP contribution in [0, 0.1) is 6.42 Å². The fourth-order valence-electron chi connectivity index (χ4n) is 1.53. The van der Waals surface area contributed by atoms with Crippen LogP contribution in [0.25, 0.3) is 0 Å². The topological polar surface area (TPSA) is 22.1 Å². The highest BCUT2D eigenvalue weighted by Crippen LogP contribution is 2.18. The molecule has 0 aliphatic carbocycles. The van der Waals surface area contributed by atoms with Crippen molar-refractivity contribution < 1.29 is 4.74 Å². The molecule has 0 aliphatic heterocycles. The van der Waals surface area contributed by atoms with E-state index in [1.807, 2.05) is 43.7 Å². The van der Waals surface area contributed by atoms with Crippen LogP contribution in [0.3, 0.4) is 0 Å². The van der Waals surface area contributed by atoms with Crippen molar-refractivity contribution in [3.05, 3.63) is 65.3 Å². The lowest BCUT2D eigenvalue weighted by atomic mass is 10.1. The van der Waals surface area contributed by atoms with E-state index in [0.717, 1.165) is 16.9 Å². The van der Waals surface area contributed by atoms with Crippen molar-refractivity contribution in [1.29, 1.82) is 0 Å². The van der Waals surface area contributed by atoms with Crippen LogP contribution in [-0.4, -0.2) is 11.6 Å². The summed E-state index contributed by atoms with van der Waals surface area (Å²) < 4.78 is 5.38. The summed E-state index contributed by atoms with van der Waals surface area (Å²) in [5.41, 5.74) is 2.08. The Bertz CT molecular complexity index is 482. The largest absolute Gasteiger partial charge is 0.494 e. The molecule has 0 atom stereocenters. The van der Waals surface area contributed by atoms with E-state index in [1.54, 1.807) is 12.4 Å². The molecule has 1 radical (unpaired) electrons. The van der Waals surface area contributed by atoms with Crippen LogP contribution in [0.1, 0.15) is 18.1 Å². The fraction of sp³-hybridized carbons (Fsp3) is 0.143. The summed E-state index contributed by atoms with van der Waals surface area (Å²) in [5.74, 6) is 0.883. The summed E-state index contributed by atoms with van der Waals surface area (Å²) in [7, 11) is 0. The fourth-order valence-corrected chi connectivity index (χ4v) is 1.71. The third kappa shape index (κ3) is 3.46. The van der Waals surface area contributed by atoms with Crippen molar-refractivity contribution in [2.24, 2.45) is 0 Å². The molecule has 0 unspecified atom stereocenters.